The highest BCUT2D eigenvalue weighted by atomic mass is 16.2. The topological polar surface area (TPSA) is 33.2 Å². The van der Waals surface area contributed by atoms with Gasteiger partial charge < -0.3 is 0 Å². The SMILES string of the molecule is Cc1ccc(N(C(=O)c2ccncc2)c2ccc3ccccc3c2)cc1. The van der Waals surface area contributed by atoms with E-state index in [9.17, 15) is 4.79 Å². The molecule has 0 unspecified atom stereocenters. The Balaban J connectivity index is 1.86. The van der Waals surface area contributed by atoms with Crippen molar-refractivity contribution in [2.45, 2.75) is 6.92 Å². The summed E-state index contributed by atoms with van der Waals surface area (Å²) in [7, 11) is 0. The molecule has 0 aliphatic rings. The van der Waals surface area contributed by atoms with Gasteiger partial charge in [-0.2, -0.15) is 0 Å². The number of fused-ring (bicyclic) bond motifs is 1. The Kier molecular flexibility index (Phi) is 4.20. The summed E-state index contributed by atoms with van der Waals surface area (Å²) in [6.45, 7) is 2.04. The number of hydrogen-bond acceptors (Lipinski definition) is 2. The minimum atomic E-state index is -0.0773. The lowest BCUT2D eigenvalue weighted by molar-refractivity contribution is 0.0999. The number of pyridine rings is 1. The molecule has 0 saturated carbocycles. The van der Waals surface area contributed by atoms with Gasteiger partial charge in [-0.25, -0.2) is 0 Å². The van der Waals surface area contributed by atoms with E-state index >= 15 is 0 Å². The van der Waals surface area contributed by atoms with Crippen molar-refractivity contribution in [2.75, 3.05) is 4.90 Å². The average Bonchev–Trinajstić information content (AvgIpc) is 2.70. The zero-order chi connectivity index (χ0) is 17.9. The van der Waals surface area contributed by atoms with Crippen molar-refractivity contribution in [1.82, 2.24) is 4.98 Å². The largest absolute Gasteiger partial charge is 0.277 e. The van der Waals surface area contributed by atoms with Crippen LogP contribution in [0.25, 0.3) is 10.8 Å². The number of amides is 1. The van der Waals surface area contributed by atoms with Crippen molar-refractivity contribution >= 4 is 28.1 Å². The third kappa shape index (κ3) is 3.07. The van der Waals surface area contributed by atoms with E-state index in [0.717, 1.165) is 27.7 Å². The minimum Gasteiger partial charge on any atom is -0.277 e. The summed E-state index contributed by atoms with van der Waals surface area (Å²) in [6, 6.07) is 25.7. The molecule has 0 fully saturated rings. The molecule has 0 atom stereocenters. The molecule has 3 aromatic carbocycles. The molecule has 26 heavy (non-hydrogen) atoms. The van der Waals surface area contributed by atoms with Crippen LogP contribution in [0.15, 0.2) is 91.3 Å². The molecule has 126 valence electrons. The molecule has 0 aliphatic carbocycles. The molecule has 0 saturated heterocycles. The van der Waals surface area contributed by atoms with Crippen LogP contribution in [0.2, 0.25) is 0 Å². The zero-order valence-electron chi connectivity index (χ0n) is 14.5. The van der Waals surface area contributed by atoms with E-state index in [2.05, 4.69) is 17.1 Å². The number of carbonyl (C=O) groups is 1. The lowest BCUT2D eigenvalue weighted by Crippen LogP contribution is -2.26. The second kappa shape index (κ2) is 6.81. The summed E-state index contributed by atoms with van der Waals surface area (Å²) in [5.74, 6) is -0.0773. The summed E-state index contributed by atoms with van der Waals surface area (Å²) in [4.78, 5) is 19.0. The van der Waals surface area contributed by atoms with Gasteiger partial charge in [-0.15, -0.1) is 0 Å². The van der Waals surface area contributed by atoms with Crippen LogP contribution < -0.4 is 4.90 Å². The standard InChI is InChI=1S/C23H18N2O/c1-17-6-9-21(10-7-17)25(23(26)19-12-14-24-15-13-19)22-11-8-18-4-2-3-5-20(18)16-22/h2-16H,1H3. The maximum Gasteiger partial charge on any atom is 0.262 e. The molecule has 1 aromatic heterocycles. The van der Waals surface area contributed by atoms with Crippen molar-refractivity contribution in [3.8, 4) is 0 Å². The molecule has 0 spiro atoms. The second-order valence-electron chi connectivity index (χ2n) is 6.24. The number of aryl methyl sites for hydroxylation is 1. The third-order valence-electron chi connectivity index (χ3n) is 4.41. The molecule has 4 rings (SSSR count). The van der Waals surface area contributed by atoms with Gasteiger partial charge in [-0.05, 0) is 54.1 Å². The van der Waals surface area contributed by atoms with Crippen molar-refractivity contribution in [1.29, 1.82) is 0 Å². The Morgan fingerprint density at radius 3 is 2.15 bits per heavy atom. The van der Waals surface area contributed by atoms with E-state index in [1.54, 1.807) is 29.4 Å². The Hall–Kier alpha value is -3.46. The first-order valence-electron chi connectivity index (χ1n) is 8.52. The van der Waals surface area contributed by atoms with Crippen LogP contribution in [0.4, 0.5) is 11.4 Å². The van der Waals surface area contributed by atoms with Crippen molar-refractivity contribution in [3.63, 3.8) is 0 Å². The maximum atomic E-state index is 13.3. The number of aromatic nitrogens is 1. The van der Waals surface area contributed by atoms with Gasteiger partial charge in [-0.1, -0.05) is 48.0 Å². The highest BCUT2D eigenvalue weighted by molar-refractivity contribution is 6.11. The van der Waals surface area contributed by atoms with Gasteiger partial charge in [0.15, 0.2) is 0 Å². The number of nitrogens with zero attached hydrogens (tertiary/aromatic N) is 2. The minimum absolute atomic E-state index is 0.0773. The van der Waals surface area contributed by atoms with Gasteiger partial charge in [0.05, 0.1) is 0 Å². The molecular formula is C23H18N2O. The van der Waals surface area contributed by atoms with Gasteiger partial charge in [0.1, 0.15) is 0 Å². The summed E-state index contributed by atoms with van der Waals surface area (Å²) in [5, 5.41) is 2.25. The van der Waals surface area contributed by atoms with Crippen LogP contribution in [0, 0.1) is 6.92 Å². The van der Waals surface area contributed by atoms with Gasteiger partial charge in [-0.3, -0.25) is 14.7 Å². The fraction of sp³-hybridized carbons (Fsp3) is 0.0435. The van der Waals surface area contributed by atoms with Crippen molar-refractivity contribution in [3.05, 3.63) is 102 Å². The molecule has 3 nitrogen and oxygen atoms in total. The van der Waals surface area contributed by atoms with E-state index in [0.29, 0.717) is 5.56 Å². The molecule has 1 heterocycles. The Bertz CT molecular complexity index is 1060. The summed E-state index contributed by atoms with van der Waals surface area (Å²) in [5.41, 5.74) is 3.44. The van der Waals surface area contributed by atoms with E-state index in [-0.39, 0.29) is 5.91 Å². The highest BCUT2D eigenvalue weighted by Crippen LogP contribution is 2.30. The van der Waals surface area contributed by atoms with Gasteiger partial charge in [0.2, 0.25) is 0 Å². The average molecular weight is 338 g/mol. The van der Waals surface area contributed by atoms with Gasteiger partial charge in [0, 0.05) is 29.3 Å². The Morgan fingerprint density at radius 1 is 0.769 bits per heavy atom. The smallest absolute Gasteiger partial charge is 0.262 e. The molecular weight excluding hydrogens is 320 g/mol. The van der Waals surface area contributed by atoms with Crippen molar-refractivity contribution in [2.24, 2.45) is 0 Å². The molecule has 0 N–H and O–H groups in total. The first-order valence-corrected chi connectivity index (χ1v) is 8.52. The lowest BCUT2D eigenvalue weighted by atomic mass is 10.1. The van der Waals surface area contributed by atoms with E-state index in [4.69, 9.17) is 0 Å². The van der Waals surface area contributed by atoms with Crippen LogP contribution in [0.5, 0.6) is 0 Å². The zero-order valence-corrected chi connectivity index (χ0v) is 14.5. The maximum absolute atomic E-state index is 13.3. The highest BCUT2D eigenvalue weighted by Gasteiger charge is 2.20. The molecule has 1 amide bonds. The predicted octanol–water partition coefficient (Wildman–Crippen LogP) is 5.52. The van der Waals surface area contributed by atoms with Crippen molar-refractivity contribution < 1.29 is 4.79 Å². The van der Waals surface area contributed by atoms with Crippen LogP contribution in [0.1, 0.15) is 15.9 Å². The second-order valence-corrected chi connectivity index (χ2v) is 6.24. The fourth-order valence-corrected chi connectivity index (χ4v) is 3.02. The summed E-state index contributed by atoms with van der Waals surface area (Å²) < 4.78 is 0. The van der Waals surface area contributed by atoms with Gasteiger partial charge in [0.25, 0.3) is 5.91 Å². The first-order chi connectivity index (χ1) is 12.7. The quantitative estimate of drug-likeness (QED) is 0.492. The Morgan fingerprint density at radius 2 is 1.42 bits per heavy atom. The third-order valence-corrected chi connectivity index (χ3v) is 4.41. The molecule has 0 radical (unpaired) electrons. The predicted molar refractivity (Wildman–Crippen MR) is 106 cm³/mol. The number of hydrogen-bond donors (Lipinski definition) is 0. The summed E-state index contributed by atoms with van der Waals surface area (Å²) >= 11 is 0. The fourth-order valence-electron chi connectivity index (χ4n) is 3.02. The summed E-state index contributed by atoms with van der Waals surface area (Å²) in [6.07, 6.45) is 3.28. The molecule has 0 aliphatic heterocycles. The van der Waals surface area contributed by atoms with Crippen LogP contribution in [-0.2, 0) is 0 Å². The molecule has 4 aromatic rings. The molecule has 3 heteroatoms. The van der Waals surface area contributed by atoms with E-state index in [1.807, 2.05) is 61.5 Å². The number of carbonyl (C=O) groups excluding carboxylic acids is 1. The van der Waals surface area contributed by atoms with Crippen LogP contribution in [-0.4, -0.2) is 10.9 Å². The van der Waals surface area contributed by atoms with Crippen LogP contribution in [0.3, 0.4) is 0 Å². The van der Waals surface area contributed by atoms with Crippen LogP contribution >= 0.6 is 0 Å². The number of rotatable bonds is 3. The van der Waals surface area contributed by atoms with E-state index < -0.39 is 0 Å². The lowest BCUT2D eigenvalue weighted by Gasteiger charge is -2.24. The first kappa shape index (κ1) is 16.0. The number of benzene rings is 3. The Labute approximate surface area is 152 Å². The number of anilines is 2. The normalized spacial score (nSPS) is 10.7. The monoisotopic (exact) mass is 338 g/mol. The van der Waals surface area contributed by atoms with E-state index in [1.165, 1.54) is 0 Å². The molecule has 0 bridgehead atoms. The van der Waals surface area contributed by atoms with Gasteiger partial charge >= 0.3 is 0 Å².